The van der Waals surface area contributed by atoms with Crippen LogP contribution in [-0.2, 0) is 24.9 Å². The number of guanidine groups is 1. The minimum atomic E-state index is 0. The lowest BCUT2D eigenvalue weighted by molar-refractivity contribution is 0.125. The van der Waals surface area contributed by atoms with E-state index in [1.807, 2.05) is 32.3 Å². The van der Waals surface area contributed by atoms with Crippen molar-refractivity contribution in [1.82, 2.24) is 14.8 Å². The van der Waals surface area contributed by atoms with Crippen molar-refractivity contribution in [1.29, 1.82) is 0 Å². The van der Waals surface area contributed by atoms with E-state index in [0.29, 0.717) is 13.2 Å². The van der Waals surface area contributed by atoms with Crippen molar-refractivity contribution < 1.29 is 4.74 Å². The molecule has 0 radical (unpaired) electrons. The van der Waals surface area contributed by atoms with Crippen LogP contribution < -0.4 is 5.32 Å². The summed E-state index contributed by atoms with van der Waals surface area (Å²) in [5.74, 6) is 0.857. The van der Waals surface area contributed by atoms with E-state index >= 15 is 0 Å². The van der Waals surface area contributed by atoms with Gasteiger partial charge < -0.3 is 19.5 Å². The van der Waals surface area contributed by atoms with E-state index in [9.17, 15) is 0 Å². The first-order valence-corrected chi connectivity index (χ1v) is 8.73. The molecule has 25 heavy (non-hydrogen) atoms. The lowest BCUT2D eigenvalue weighted by atomic mass is 10.2. The molecule has 0 unspecified atom stereocenters. The second-order valence-corrected chi connectivity index (χ2v) is 6.54. The van der Waals surface area contributed by atoms with E-state index in [1.54, 1.807) is 7.05 Å². The molecule has 1 aromatic heterocycles. The molecule has 138 valence electrons. The van der Waals surface area contributed by atoms with E-state index < -0.39 is 0 Å². The third-order valence-corrected chi connectivity index (χ3v) is 4.12. The van der Waals surface area contributed by atoms with Crippen molar-refractivity contribution in [2.45, 2.75) is 13.2 Å². The van der Waals surface area contributed by atoms with Crippen LogP contribution in [0.1, 0.15) is 11.3 Å². The van der Waals surface area contributed by atoms with Crippen molar-refractivity contribution in [2.24, 2.45) is 12.0 Å². The molecule has 0 bridgehead atoms. The normalized spacial score (nSPS) is 11.1. The number of hydrogen-bond donors (Lipinski definition) is 1. The predicted octanol–water partition coefficient (Wildman–Crippen LogP) is 3.63. The van der Waals surface area contributed by atoms with Crippen molar-refractivity contribution >= 4 is 45.9 Å². The van der Waals surface area contributed by atoms with E-state index in [2.05, 4.69) is 60.1 Å². The van der Waals surface area contributed by atoms with Crippen LogP contribution in [0.15, 0.2) is 52.1 Å². The van der Waals surface area contributed by atoms with Crippen LogP contribution in [0.4, 0.5) is 0 Å². The molecular weight excluding hydrogens is 495 g/mol. The molecule has 0 spiro atoms. The second kappa shape index (κ2) is 11.5. The minimum Gasteiger partial charge on any atom is -0.375 e. The summed E-state index contributed by atoms with van der Waals surface area (Å²) < 4.78 is 8.89. The number of ether oxygens (including phenoxy) is 1. The van der Waals surface area contributed by atoms with Gasteiger partial charge in [0.1, 0.15) is 0 Å². The molecule has 0 aliphatic carbocycles. The van der Waals surface area contributed by atoms with E-state index in [4.69, 9.17) is 4.74 Å². The Bertz CT molecular complexity index is 660. The molecule has 0 aliphatic heterocycles. The van der Waals surface area contributed by atoms with Gasteiger partial charge in [-0.1, -0.05) is 30.3 Å². The van der Waals surface area contributed by atoms with Gasteiger partial charge >= 0.3 is 0 Å². The topological polar surface area (TPSA) is 41.8 Å². The number of hydrogen-bond acceptors (Lipinski definition) is 2. The molecule has 0 amide bonds. The van der Waals surface area contributed by atoms with Crippen LogP contribution in [0.25, 0.3) is 0 Å². The number of nitrogens with zero attached hydrogens (tertiary/aromatic N) is 3. The summed E-state index contributed by atoms with van der Waals surface area (Å²) in [6, 6.07) is 12.3. The zero-order valence-electron chi connectivity index (χ0n) is 14.9. The average molecular weight is 521 g/mol. The number of benzene rings is 1. The Morgan fingerprint density at radius 3 is 2.64 bits per heavy atom. The van der Waals surface area contributed by atoms with E-state index in [1.165, 1.54) is 11.3 Å². The fourth-order valence-corrected chi connectivity index (χ4v) is 3.00. The number of aryl methyl sites for hydroxylation is 1. The maximum absolute atomic E-state index is 5.69. The monoisotopic (exact) mass is 520 g/mol. The molecule has 0 saturated heterocycles. The first kappa shape index (κ1) is 22.0. The highest BCUT2D eigenvalue weighted by atomic mass is 127. The molecule has 2 rings (SSSR count). The third-order valence-electron chi connectivity index (χ3n) is 3.69. The molecule has 1 aromatic carbocycles. The van der Waals surface area contributed by atoms with Crippen molar-refractivity contribution in [3.63, 3.8) is 0 Å². The summed E-state index contributed by atoms with van der Waals surface area (Å²) in [7, 11) is 5.87. The molecule has 1 heterocycles. The quantitative estimate of drug-likeness (QED) is 0.262. The zero-order chi connectivity index (χ0) is 17.4. The Labute approximate surface area is 175 Å². The Kier molecular flexibility index (Phi) is 10.1. The van der Waals surface area contributed by atoms with Gasteiger partial charge in [-0.15, -0.1) is 24.0 Å². The Morgan fingerprint density at radius 1 is 1.32 bits per heavy atom. The fraction of sp³-hybridized carbons (Fsp3) is 0.389. The molecule has 0 fully saturated rings. The highest BCUT2D eigenvalue weighted by Crippen LogP contribution is 2.14. The Balaban J connectivity index is 0.00000312. The van der Waals surface area contributed by atoms with Crippen molar-refractivity contribution in [3.05, 3.63) is 58.3 Å². The Hall–Kier alpha value is -1.06. The molecular formula is C18H26BrIN4O. The van der Waals surface area contributed by atoms with Crippen LogP contribution in [-0.4, -0.2) is 42.7 Å². The van der Waals surface area contributed by atoms with E-state index in [0.717, 1.165) is 23.5 Å². The summed E-state index contributed by atoms with van der Waals surface area (Å²) in [5.41, 5.74) is 2.40. The zero-order valence-corrected chi connectivity index (χ0v) is 18.8. The first-order valence-electron chi connectivity index (χ1n) is 7.94. The SMILES string of the molecule is CN=C(NCCOCc1ccccc1)N(C)Cc1cc(Br)cn1C.I. The molecule has 0 aliphatic rings. The van der Waals surface area contributed by atoms with E-state index in [-0.39, 0.29) is 24.0 Å². The smallest absolute Gasteiger partial charge is 0.193 e. The van der Waals surface area contributed by atoms with Crippen LogP contribution in [0.3, 0.4) is 0 Å². The molecule has 1 N–H and O–H groups in total. The van der Waals surface area contributed by atoms with Crippen LogP contribution in [0.2, 0.25) is 0 Å². The average Bonchev–Trinajstić information content (AvgIpc) is 2.89. The molecule has 7 heteroatoms. The van der Waals surface area contributed by atoms with Gasteiger partial charge in [0.05, 0.1) is 19.8 Å². The maximum atomic E-state index is 5.69. The number of halogens is 2. The summed E-state index contributed by atoms with van der Waals surface area (Å²) >= 11 is 3.50. The van der Waals surface area contributed by atoms with Gasteiger partial charge in [-0.25, -0.2) is 0 Å². The van der Waals surface area contributed by atoms with Gasteiger partial charge in [0.2, 0.25) is 0 Å². The highest BCUT2D eigenvalue weighted by molar-refractivity contribution is 14.0. The molecule has 5 nitrogen and oxygen atoms in total. The van der Waals surface area contributed by atoms with Crippen LogP contribution >= 0.6 is 39.9 Å². The molecule has 0 saturated carbocycles. The lowest BCUT2D eigenvalue weighted by Gasteiger charge is -2.22. The van der Waals surface area contributed by atoms with Gasteiger partial charge in [-0.2, -0.15) is 0 Å². The number of aromatic nitrogens is 1. The van der Waals surface area contributed by atoms with Gasteiger partial charge in [0.25, 0.3) is 0 Å². The molecule has 0 atom stereocenters. The van der Waals surface area contributed by atoms with Gasteiger partial charge in [0, 0.05) is 44.1 Å². The van der Waals surface area contributed by atoms with Crippen LogP contribution in [0.5, 0.6) is 0 Å². The largest absolute Gasteiger partial charge is 0.375 e. The van der Waals surface area contributed by atoms with Gasteiger partial charge in [0.15, 0.2) is 5.96 Å². The molecule has 2 aromatic rings. The summed E-state index contributed by atoms with van der Waals surface area (Å²) in [6.07, 6.45) is 2.05. The standard InChI is InChI=1S/C18H25BrN4O.HI/c1-20-18(23(3)13-17-11-16(19)12-22(17)2)21-9-10-24-14-15-7-5-4-6-8-15;/h4-8,11-12H,9-10,13-14H2,1-3H3,(H,20,21);1H. The lowest BCUT2D eigenvalue weighted by Crippen LogP contribution is -2.40. The number of nitrogens with one attached hydrogen (secondary N) is 1. The summed E-state index contributed by atoms with van der Waals surface area (Å²) in [6.45, 7) is 2.78. The van der Waals surface area contributed by atoms with Crippen molar-refractivity contribution in [2.75, 3.05) is 27.2 Å². The first-order chi connectivity index (χ1) is 11.6. The number of rotatable bonds is 7. The summed E-state index contributed by atoms with van der Waals surface area (Å²) in [4.78, 5) is 6.43. The second-order valence-electron chi connectivity index (χ2n) is 5.63. The Morgan fingerprint density at radius 2 is 2.04 bits per heavy atom. The minimum absolute atomic E-state index is 0. The van der Waals surface area contributed by atoms with Gasteiger partial charge in [-0.05, 0) is 27.6 Å². The fourth-order valence-electron chi connectivity index (χ4n) is 2.43. The maximum Gasteiger partial charge on any atom is 0.193 e. The predicted molar refractivity (Wildman–Crippen MR) is 117 cm³/mol. The van der Waals surface area contributed by atoms with Crippen LogP contribution in [0, 0.1) is 0 Å². The highest BCUT2D eigenvalue weighted by Gasteiger charge is 2.09. The van der Waals surface area contributed by atoms with Gasteiger partial charge in [-0.3, -0.25) is 4.99 Å². The number of aliphatic imine (C=N–C) groups is 1. The summed E-state index contributed by atoms with van der Waals surface area (Å²) in [5, 5.41) is 3.33. The third kappa shape index (κ3) is 7.37. The van der Waals surface area contributed by atoms with Crippen molar-refractivity contribution in [3.8, 4) is 0 Å².